The van der Waals surface area contributed by atoms with Crippen LogP contribution in [0.1, 0.15) is 18.4 Å². The van der Waals surface area contributed by atoms with Gasteiger partial charge in [-0.1, -0.05) is 36.4 Å². The van der Waals surface area contributed by atoms with Crippen LogP contribution in [0.5, 0.6) is 0 Å². The number of hydrogen-bond donors (Lipinski definition) is 0. The maximum absolute atomic E-state index is 2.58. The molecule has 0 saturated carbocycles. The standard InChI is InChI=1S/C17H18N2/c1-2-8-15(9-3-1)19-13-14-7-4-5-10-16(14)18-12-6-11-17(18)19/h1-5,7-10,17H,6,11-13H2. The summed E-state index contributed by atoms with van der Waals surface area (Å²) in [6, 6.07) is 19.7. The van der Waals surface area contributed by atoms with Crippen molar-refractivity contribution in [2.45, 2.75) is 25.6 Å². The van der Waals surface area contributed by atoms with E-state index in [1.54, 1.807) is 0 Å². The minimum atomic E-state index is 0.539. The van der Waals surface area contributed by atoms with Gasteiger partial charge in [0, 0.05) is 24.5 Å². The number of nitrogens with zero attached hydrogens (tertiary/aromatic N) is 2. The Morgan fingerprint density at radius 3 is 2.53 bits per heavy atom. The van der Waals surface area contributed by atoms with E-state index in [-0.39, 0.29) is 0 Å². The predicted octanol–water partition coefficient (Wildman–Crippen LogP) is 3.63. The zero-order valence-corrected chi connectivity index (χ0v) is 11.0. The number of para-hydroxylation sites is 2. The summed E-state index contributed by atoms with van der Waals surface area (Å²) in [5.74, 6) is 0. The first-order valence-electron chi connectivity index (χ1n) is 7.10. The third kappa shape index (κ3) is 1.71. The summed E-state index contributed by atoms with van der Waals surface area (Å²) >= 11 is 0. The molecule has 0 N–H and O–H groups in total. The lowest BCUT2D eigenvalue weighted by Gasteiger charge is -2.43. The molecule has 1 atom stereocenters. The molecule has 2 heteroatoms. The summed E-state index contributed by atoms with van der Waals surface area (Å²) in [6.45, 7) is 2.21. The average Bonchev–Trinajstić information content (AvgIpc) is 2.97. The highest BCUT2D eigenvalue weighted by molar-refractivity contribution is 5.63. The zero-order valence-electron chi connectivity index (χ0n) is 11.0. The third-order valence-electron chi connectivity index (χ3n) is 4.31. The second kappa shape index (κ2) is 4.30. The van der Waals surface area contributed by atoms with Crippen molar-refractivity contribution in [3.8, 4) is 0 Å². The van der Waals surface area contributed by atoms with Crippen molar-refractivity contribution in [1.29, 1.82) is 0 Å². The van der Waals surface area contributed by atoms with Gasteiger partial charge >= 0.3 is 0 Å². The van der Waals surface area contributed by atoms with Crippen LogP contribution in [0.4, 0.5) is 11.4 Å². The molecular weight excluding hydrogens is 232 g/mol. The van der Waals surface area contributed by atoms with Crippen LogP contribution in [0, 0.1) is 0 Å². The van der Waals surface area contributed by atoms with E-state index in [2.05, 4.69) is 64.4 Å². The van der Waals surface area contributed by atoms with Crippen molar-refractivity contribution in [2.24, 2.45) is 0 Å². The Morgan fingerprint density at radius 2 is 1.63 bits per heavy atom. The Balaban J connectivity index is 1.79. The monoisotopic (exact) mass is 250 g/mol. The molecule has 0 aliphatic carbocycles. The lowest BCUT2D eigenvalue weighted by Crippen LogP contribution is -2.48. The van der Waals surface area contributed by atoms with Gasteiger partial charge in [0.25, 0.3) is 0 Å². The van der Waals surface area contributed by atoms with Gasteiger partial charge in [0.15, 0.2) is 0 Å². The summed E-state index contributed by atoms with van der Waals surface area (Å²) in [5, 5.41) is 0. The SMILES string of the molecule is c1ccc(N2Cc3ccccc3N3CCCC23)cc1. The fourth-order valence-electron chi connectivity index (χ4n) is 3.45. The summed E-state index contributed by atoms with van der Waals surface area (Å²) in [6.07, 6.45) is 3.10. The van der Waals surface area contributed by atoms with Crippen LogP contribution in [0.3, 0.4) is 0 Å². The van der Waals surface area contributed by atoms with Crippen LogP contribution in [-0.4, -0.2) is 12.7 Å². The van der Waals surface area contributed by atoms with Gasteiger partial charge in [0.2, 0.25) is 0 Å². The smallest absolute Gasteiger partial charge is 0.102 e. The Kier molecular flexibility index (Phi) is 2.47. The van der Waals surface area contributed by atoms with Crippen LogP contribution < -0.4 is 9.80 Å². The molecule has 96 valence electrons. The Labute approximate surface area is 114 Å². The second-order valence-corrected chi connectivity index (χ2v) is 5.41. The van der Waals surface area contributed by atoms with Gasteiger partial charge in [-0.25, -0.2) is 0 Å². The van der Waals surface area contributed by atoms with Crippen LogP contribution in [0.15, 0.2) is 54.6 Å². The molecule has 0 aromatic heterocycles. The summed E-state index contributed by atoms with van der Waals surface area (Å²) in [4.78, 5) is 5.13. The van der Waals surface area contributed by atoms with Crippen LogP contribution >= 0.6 is 0 Å². The Hall–Kier alpha value is -1.96. The molecule has 2 aliphatic rings. The highest BCUT2D eigenvalue weighted by atomic mass is 15.4. The topological polar surface area (TPSA) is 6.48 Å². The van der Waals surface area contributed by atoms with Gasteiger partial charge in [-0.05, 0) is 36.6 Å². The number of anilines is 2. The van der Waals surface area contributed by atoms with E-state index < -0.39 is 0 Å². The summed E-state index contributed by atoms with van der Waals surface area (Å²) in [5.41, 5.74) is 4.23. The molecular formula is C17H18N2. The minimum absolute atomic E-state index is 0.539. The van der Waals surface area contributed by atoms with E-state index >= 15 is 0 Å². The van der Waals surface area contributed by atoms with E-state index in [0.717, 1.165) is 6.54 Å². The fourth-order valence-corrected chi connectivity index (χ4v) is 3.45. The fraction of sp³-hybridized carbons (Fsp3) is 0.294. The largest absolute Gasteiger partial charge is 0.351 e. The molecule has 0 radical (unpaired) electrons. The Bertz CT molecular complexity index is 579. The van der Waals surface area contributed by atoms with E-state index in [0.29, 0.717) is 6.17 Å². The Morgan fingerprint density at radius 1 is 0.842 bits per heavy atom. The molecule has 2 heterocycles. The van der Waals surface area contributed by atoms with Gasteiger partial charge in [-0.3, -0.25) is 0 Å². The van der Waals surface area contributed by atoms with Gasteiger partial charge in [0.1, 0.15) is 6.17 Å². The number of fused-ring (bicyclic) bond motifs is 3. The highest BCUT2D eigenvalue weighted by Crippen LogP contribution is 2.38. The van der Waals surface area contributed by atoms with Crippen molar-refractivity contribution < 1.29 is 0 Å². The predicted molar refractivity (Wildman–Crippen MR) is 79.4 cm³/mol. The van der Waals surface area contributed by atoms with Crippen molar-refractivity contribution in [3.05, 3.63) is 60.2 Å². The van der Waals surface area contributed by atoms with E-state index in [1.807, 2.05) is 0 Å². The van der Waals surface area contributed by atoms with Gasteiger partial charge < -0.3 is 9.80 Å². The van der Waals surface area contributed by atoms with Crippen LogP contribution in [0.25, 0.3) is 0 Å². The van der Waals surface area contributed by atoms with Crippen molar-refractivity contribution in [3.63, 3.8) is 0 Å². The lowest BCUT2D eigenvalue weighted by atomic mass is 10.1. The first kappa shape index (κ1) is 10.9. The number of benzene rings is 2. The quantitative estimate of drug-likeness (QED) is 0.762. The zero-order chi connectivity index (χ0) is 12.7. The number of hydrogen-bond acceptors (Lipinski definition) is 2. The molecule has 4 rings (SSSR count). The van der Waals surface area contributed by atoms with Crippen molar-refractivity contribution >= 4 is 11.4 Å². The van der Waals surface area contributed by atoms with Gasteiger partial charge in [-0.15, -0.1) is 0 Å². The first-order chi connectivity index (χ1) is 9.43. The maximum Gasteiger partial charge on any atom is 0.102 e. The molecule has 2 aromatic carbocycles. The lowest BCUT2D eigenvalue weighted by molar-refractivity contribution is 0.581. The third-order valence-corrected chi connectivity index (χ3v) is 4.31. The molecule has 2 aliphatic heterocycles. The van der Waals surface area contributed by atoms with E-state index in [4.69, 9.17) is 0 Å². The van der Waals surface area contributed by atoms with Gasteiger partial charge in [0.05, 0.1) is 0 Å². The molecule has 1 fully saturated rings. The molecule has 19 heavy (non-hydrogen) atoms. The van der Waals surface area contributed by atoms with Crippen molar-refractivity contribution in [1.82, 2.24) is 0 Å². The molecule has 2 nitrogen and oxygen atoms in total. The number of rotatable bonds is 1. The van der Waals surface area contributed by atoms with E-state index in [1.165, 1.54) is 36.3 Å². The molecule has 0 spiro atoms. The molecule has 0 bridgehead atoms. The normalized spacial score (nSPS) is 21.2. The molecule has 0 amide bonds. The first-order valence-corrected chi connectivity index (χ1v) is 7.10. The molecule has 2 aromatic rings. The maximum atomic E-state index is 2.58. The van der Waals surface area contributed by atoms with Crippen LogP contribution in [-0.2, 0) is 6.54 Å². The van der Waals surface area contributed by atoms with Gasteiger partial charge in [-0.2, -0.15) is 0 Å². The molecule has 1 unspecified atom stereocenters. The van der Waals surface area contributed by atoms with Crippen LogP contribution in [0.2, 0.25) is 0 Å². The minimum Gasteiger partial charge on any atom is -0.351 e. The second-order valence-electron chi connectivity index (χ2n) is 5.41. The highest BCUT2D eigenvalue weighted by Gasteiger charge is 2.35. The van der Waals surface area contributed by atoms with E-state index in [9.17, 15) is 0 Å². The average molecular weight is 250 g/mol. The molecule has 1 saturated heterocycles. The van der Waals surface area contributed by atoms with Crippen molar-refractivity contribution in [2.75, 3.05) is 16.3 Å². The summed E-state index contributed by atoms with van der Waals surface area (Å²) < 4.78 is 0. The summed E-state index contributed by atoms with van der Waals surface area (Å²) in [7, 11) is 0.